The summed E-state index contributed by atoms with van der Waals surface area (Å²) in [5, 5.41) is 9.41. The van der Waals surface area contributed by atoms with Crippen LogP contribution in [0, 0.1) is 17.0 Å². The summed E-state index contributed by atoms with van der Waals surface area (Å²) in [5.74, 6) is -0.775. The number of rotatable bonds is 7. The highest BCUT2D eigenvalue weighted by Crippen LogP contribution is 2.41. The van der Waals surface area contributed by atoms with Gasteiger partial charge >= 0.3 is 0 Å². The molecule has 13 heteroatoms. The van der Waals surface area contributed by atoms with Crippen LogP contribution in [0.3, 0.4) is 0 Å². The molecule has 1 N–H and O–H groups in total. The standard InChI is InChI=1S/C32H34Cl2F2N6O3/c1-18(29-21(33)13-38-14-22(29)34)45-26-10-20-25(11-23(26)35)42(28-5-3-4-7-44-28)40-30(20)19-9-24(36)31(39-12-19)41-16-32(2,17-41)27-15-37-6-8-43-27/h9-14,18,27-28,37H,3-8,15-17H2,1-2H3/t18-,27?,28?/m1/s1. The molecule has 238 valence electrons. The molecule has 3 atom stereocenters. The van der Waals surface area contributed by atoms with E-state index in [1.54, 1.807) is 23.9 Å². The van der Waals surface area contributed by atoms with Crippen LogP contribution >= 0.6 is 23.2 Å². The number of nitrogens with one attached hydrogen (secondary N) is 1. The first kappa shape index (κ1) is 30.6. The second-order valence-corrected chi connectivity index (χ2v) is 13.1. The number of halogens is 4. The van der Waals surface area contributed by atoms with Crippen LogP contribution in [0.5, 0.6) is 5.75 Å². The topological polar surface area (TPSA) is 86.6 Å². The van der Waals surface area contributed by atoms with E-state index < -0.39 is 17.7 Å². The minimum absolute atomic E-state index is 0.0198. The summed E-state index contributed by atoms with van der Waals surface area (Å²) in [4.78, 5) is 10.5. The Kier molecular flexibility index (Phi) is 8.32. The highest BCUT2D eigenvalue weighted by molar-refractivity contribution is 6.35. The van der Waals surface area contributed by atoms with E-state index in [0.29, 0.717) is 64.1 Å². The largest absolute Gasteiger partial charge is 0.483 e. The third-order valence-corrected chi connectivity index (χ3v) is 9.60. The lowest BCUT2D eigenvalue weighted by atomic mass is 9.76. The monoisotopic (exact) mass is 658 g/mol. The van der Waals surface area contributed by atoms with E-state index in [0.717, 1.165) is 32.4 Å². The van der Waals surface area contributed by atoms with Gasteiger partial charge in [0, 0.05) is 79.4 Å². The van der Waals surface area contributed by atoms with Crippen molar-refractivity contribution in [3.63, 3.8) is 0 Å². The number of hydrogen-bond donors (Lipinski definition) is 1. The Balaban J connectivity index is 1.22. The van der Waals surface area contributed by atoms with Gasteiger partial charge in [-0.1, -0.05) is 30.1 Å². The maximum atomic E-state index is 15.7. The molecular weight excluding hydrogens is 625 g/mol. The van der Waals surface area contributed by atoms with Gasteiger partial charge in [0.15, 0.2) is 29.4 Å². The van der Waals surface area contributed by atoms with Gasteiger partial charge in [-0.05, 0) is 38.3 Å². The van der Waals surface area contributed by atoms with Crippen molar-refractivity contribution in [3.8, 4) is 17.0 Å². The Bertz CT molecular complexity index is 1700. The number of ether oxygens (including phenoxy) is 3. The Hall–Kier alpha value is -3.09. The smallest absolute Gasteiger partial charge is 0.167 e. The molecule has 3 saturated heterocycles. The molecule has 45 heavy (non-hydrogen) atoms. The van der Waals surface area contributed by atoms with Crippen molar-refractivity contribution >= 4 is 39.9 Å². The van der Waals surface area contributed by atoms with E-state index in [2.05, 4.69) is 22.2 Å². The maximum absolute atomic E-state index is 15.7. The molecule has 3 aliphatic rings. The number of benzene rings is 1. The van der Waals surface area contributed by atoms with Crippen molar-refractivity contribution in [1.29, 1.82) is 0 Å². The summed E-state index contributed by atoms with van der Waals surface area (Å²) < 4.78 is 51.1. The van der Waals surface area contributed by atoms with Gasteiger partial charge in [-0.15, -0.1) is 0 Å². The van der Waals surface area contributed by atoms with Gasteiger partial charge in [-0.25, -0.2) is 18.4 Å². The number of pyridine rings is 2. The molecule has 9 nitrogen and oxygen atoms in total. The average molecular weight is 660 g/mol. The van der Waals surface area contributed by atoms with Gasteiger partial charge in [-0.2, -0.15) is 5.10 Å². The second kappa shape index (κ2) is 12.3. The van der Waals surface area contributed by atoms with Gasteiger partial charge in [0.2, 0.25) is 0 Å². The first-order chi connectivity index (χ1) is 21.7. The minimum Gasteiger partial charge on any atom is -0.483 e. The summed E-state index contributed by atoms with van der Waals surface area (Å²) >= 11 is 12.7. The van der Waals surface area contributed by atoms with Gasteiger partial charge in [0.1, 0.15) is 11.8 Å². The predicted molar refractivity (Wildman–Crippen MR) is 168 cm³/mol. The number of morpholine rings is 1. The van der Waals surface area contributed by atoms with E-state index in [4.69, 9.17) is 42.5 Å². The molecule has 4 aromatic rings. The number of nitrogens with zero attached hydrogens (tertiary/aromatic N) is 5. The molecule has 0 amide bonds. The summed E-state index contributed by atoms with van der Waals surface area (Å²) in [5.41, 5.74) is 1.83. The van der Waals surface area contributed by atoms with E-state index in [1.165, 1.54) is 24.5 Å². The van der Waals surface area contributed by atoms with Crippen molar-refractivity contribution in [2.24, 2.45) is 5.41 Å². The Labute approximate surface area is 269 Å². The van der Waals surface area contributed by atoms with Crippen LogP contribution < -0.4 is 15.0 Å². The molecule has 3 aliphatic heterocycles. The Morgan fingerprint density at radius 2 is 1.84 bits per heavy atom. The van der Waals surface area contributed by atoms with Gasteiger partial charge in [-0.3, -0.25) is 4.98 Å². The molecule has 6 heterocycles. The molecule has 3 aromatic heterocycles. The number of anilines is 1. The Morgan fingerprint density at radius 1 is 1.04 bits per heavy atom. The molecule has 0 radical (unpaired) electrons. The van der Waals surface area contributed by atoms with E-state index in [9.17, 15) is 0 Å². The lowest BCUT2D eigenvalue weighted by molar-refractivity contribution is -0.0627. The number of hydrogen-bond acceptors (Lipinski definition) is 8. The molecule has 1 aromatic carbocycles. The fourth-order valence-corrected chi connectivity index (χ4v) is 7.29. The van der Waals surface area contributed by atoms with Gasteiger partial charge in [0.25, 0.3) is 0 Å². The zero-order valence-corrected chi connectivity index (χ0v) is 26.5. The average Bonchev–Trinajstić information content (AvgIpc) is 3.38. The maximum Gasteiger partial charge on any atom is 0.167 e. The molecule has 2 unspecified atom stereocenters. The summed E-state index contributed by atoms with van der Waals surface area (Å²) in [6.07, 6.45) is 6.18. The third-order valence-electron chi connectivity index (χ3n) is 8.99. The SMILES string of the molecule is C[C@@H](Oc1cc2c(-c3cnc(N4CC(C)(C5CNCCO5)C4)c(F)c3)nn(C3CCCCO3)c2cc1F)c1c(Cl)cncc1Cl. The van der Waals surface area contributed by atoms with Gasteiger partial charge in [0.05, 0.1) is 28.3 Å². The molecular formula is C32H34Cl2F2N6O3. The quantitative estimate of drug-likeness (QED) is 0.234. The number of fused-ring (bicyclic) bond motifs is 1. The molecule has 0 bridgehead atoms. The third kappa shape index (κ3) is 5.74. The number of aromatic nitrogens is 4. The van der Waals surface area contributed by atoms with Crippen LogP contribution in [0.4, 0.5) is 14.6 Å². The lowest BCUT2D eigenvalue weighted by Crippen LogP contribution is -2.64. The van der Waals surface area contributed by atoms with Crippen LogP contribution in [-0.4, -0.2) is 65.2 Å². The first-order valence-corrected chi connectivity index (χ1v) is 16.0. The van der Waals surface area contributed by atoms with Crippen LogP contribution in [0.2, 0.25) is 10.0 Å². The minimum atomic E-state index is -0.685. The zero-order valence-electron chi connectivity index (χ0n) is 25.0. The second-order valence-electron chi connectivity index (χ2n) is 12.3. The van der Waals surface area contributed by atoms with Crippen molar-refractivity contribution in [2.45, 2.75) is 51.5 Å². The summed E-state index contributed by atoms with van der Waals surface area (Å²) in [6.45, 7) is 8.06. The van der Waals surface area contributed by atoms with Crippen molar-refractivity contribution in [2.75, 3.05) is 44.3 Å². The molecule has 7 rings (SSSR count). The molecule has 0 spiro atoms. The Morgan fingerprint density at radius 3 is 2.53 bits per heavy atom. The fourth-order valence-electron chi connectivity index (χ4n) is 6.62. The van der Waals surface area contributed by atoms with Crippen molar-refractivity contribution in [3.05, 3.63) is 64.0 Å². The molecule has 3 fully saturated rings. The fraction of sp³-hybridized carbons (Fsp3) is 0.469. The molecule has 0 aliphatic carbocycles. The van der Waals surface area contributed by atoms with E-state index >= 15 is 8.78 Å². The van der Waals surface area contributed by atoms with Crippen LogP contribution in [0.15, 0.2) is 36.8 Å². The zero-order chi connectivity index (χ0) is 31.3. The van der Waals surface area contributed by atoms with Crippen molar-refractivity contribution in [1.82, 2.24) is 25.1 Å². The first-order valence-electron chi connectivity index (χ1n) is 15.2. The molecule has 0 saturated carbocycles. The lowest BCUT2D eigenvalue weighted by Gasteiger charge is -2.53. The van der Waals surface area contributed by atoms with Gasteiger partial charge < -0.3 is 24.4 Å². The summed E-state index contributed by atoms with van der Waals surface area (Å²) in [7, 11) is 0. The normalized spacial score (nSPS) is 22.3. The van der Waals surface area contributed by atoms with Crippen LogP contribution in [0.25, 0.3) is 22.2 Å². The summed E-state index contributed by atoms with van der Waals surface area (Å²) in [6, 6.07) is 4.40. The van der Waals surface area contributed by atoms with E-state index in [1.807, 2.05) is 4.90 Å². The predicted octanol–water partition coefficient (Wildman–Crippen LogP) is 6.73. The van der Waals surface area contributed by atoms with Crippen LogP contribution in [-0.2, 0) is 9.47 Å². The van der Waals surface area contributed by atoms with Crippen LogP contribution in [0.1, 0.15) is 51.0 Å². The van der Waals surface area contributed by atoms with Crippen molar-refractivity contribution < 1.29 is 23.0 Å². The van der Waals surface area contributed by atoms with E-state index in [-0.39, 0.29) is 29.3 Å². The highest BCUT2D eigenvalue weighted by atomic mass is 35.5. The highest BCUT2D eigenvalue weighted by Gasteiger charge is 2.47.